The van der Waals surface area contributed by atoms with Crippen molar-refractivity contribution in [3.05, 3.63) is 29.3 Å². The number of anilines is 1. The SMILES string of the molecule is O=C1CCC(N2Cc3c(cccc3N(CC3CC3)C3CCC(NC4COC4)CC3)C2=O)C(=O)N1. The molecule has 1 unspecified atom stereocenters. The Morgan fingerprint density at radius 3 is 2.47 bits per heavy atom. The summed E-state index contributed by atoms with van der Waals surface area (Å²) in [6, 6.07) is 7.04. The fourth-order valence-corrected chi connectivity index (χ4v) is 6.08. The Morgan fingerprint density at radius 1 is 1.00 bits per heavy atom. The van der Waals surface area contributed by atoms with Crippen LogP contribution >= 0.6 is 0 Å². The topological polar surface area (TPSA) is 91.0 Å². The van der Waals surface area contributed by atoms with Crippen molar-refractivity contribution in [1.82, 2.24) is 15.5 Å². The first-order valence-corrected chi connectivity index (χ1v) is 12.9. The minimum absolute atomic E-state index is 0.0895. The Kier molecular flexibility index (Phi) is 5.81. The Balaban J connectivity index is 1.21. The van der Waals surface area contributed by atoms with Gasteiger partial charge >= 0.3 is 0 Å². The van der Waals surface area contributed by atoms with Gasteiger partial charge in [-0.25, -0.2) is 0 Å². The van der Waals surface area contributed by atoms with Crippen LogP contribution in [-0.4, -0.2) is 66.5 Å². The second-order valence-electron chi connectivity index (χ2n) is 10.7. The van der Waals surface area contributed by atoms with Crippen molar-refractivity contribution >= 4 is 23.4 Å². The van der Waals surface area contributed by atoms with Crippen LogP contribution in [0.4, 0.5) is 5.69 Å². The highest BCUT2D eigenvalue weighted by Gasteiger charge is 2.41. The molecule has 5 aliphatic rings. The maximum atomic E-state index is 13.3. The minimum atomic E-state index is -0.570. The van der Waals surface area contributed by atoms with Gasteiger partial charge in [0.15, 0.2) is 0 Å². The predicted octanol–water partition coefficient (Wildman–Crippen LogP) is 1.96. The van der Waals surface area contributed by atoms with Crippen molar-refractivity contribution in [2.45, 2.75) is 82.1 Å². The minimum Gasteiger partial charge on any atom is -0.378 e. The number of carbonyl (C=O) groups excluding carboxylic acids is 3. The number of fused-ring (bicyclic) bond motifs is 1. The first-order chi connectivity index (χ1) is 16.6. The highest BCUT2D eigenvalue weighted by molar-refractivity contribution is 6.06. The van der Waals surface area contributed by atoms with Crippen LogP contribution in [0.2, 0.25) is 0 Å². The summed E-state index contributed by atoms with van der Waals surface area (Å²) in [4.78, 5) is 41.7. The van der Waals surface area contributed by atoms with E-state index in [2.05, 4.69) is 21.6 Å². The number of amides is 3. The quantitative estimate of drug-likeness (QED) is 0.597. The zero-order valence-corrected chi connectivity index (χ0v) is 19.6. The van der Waals surface area contributed by atoms with E-state index in [1.807, 2.05) is 12.1 Å². The van der Waals surface area contributed by atoms with Gasteiger partial charge in [-0.2, -0.15) is 0 Å². The summed E-state index contributed by atoms with van der Waals surface area (Å²) in [6.45, 7) is 3.15. The second-order valence-corrected chi connectivity index (χ2v) is 10.7. The largest absolute Gasteiger partial charge is 0.378 e. The van der Waals surface area contributed by atoms with E-state index >= 15 is 0 Å². The molecule has 0 radical (unpaired) electrons. The average Bonchev–Trinajstić information content (AvgIpc) is 3.57. The van der Waals surface area contributed by atoms with Gasteiger partial charge in [-0.05, 0) is 63.0 Å². The molecule has 2 N–H and O–H groups in total. The average molecular weight is 467 g/mol. The van der Waals surface area contributed by atoms with Gasteiger partial charge in [-0.1, -0.05) is 6.07 Å². The van der Waals surface area contributed by atoms with Crippen molar-refractivity contribution in [3.63, 3.8) is 0 Å². The van der Waals surface area contributed by atoms with Crippen LogP contribution in [0.15, 0.2) is 18.2 Å². The van der Waals surface area contributed by atoms with E-state index in [4.69, 9.17) is 4.74 Å². The van der Waals surface area contributed by atoms with E-state index < -0.39 is 6.04 Å². The lowest BCUT2D eigenvalue weighted by atomic mass is 9.88. The number of hydrogen-bond acceptors (Lipinski definition) is 6. The molecule has 182 valence electrons. The monoisotopic (exact) mass is 466 g/mol. The summed E-state index contributed by atoms with van der Waals surface area (Å²) in [6.07, 6.45) is 7.86. The molecule has 1 aromatic rings. The standard InChI is InChI=1S/C26H34N4O4/c31-24-11-10-23(25(32)28-24)30-13-21-20(26(30)33)2-1-3-22(21)29(12-16-4-5-16)19-8-6-17(7-9-19)27-18-14-34-15-18/h1-3,16-19,23,27H,4-15H2,(H,28,31,32). The van der Waals surface area contributed by atoms with Crippen LogP contribution in [-0.2, 0) is 20.9 Å². The molecule has 1 atom stereocenters. The van der Waals surface area contributed by atoms with Gasteiger partial charge in [-0.3, -0.25) is 19.7 Å². The Labute approximate surface area is 200 Å². The number of benzene rings is 1. The number of rotatable bonds is 7. The predicted molar refractivity (Wildman–Crippen MR) is 126 cm³/mol. The molecule has 0 bridgehead atoms. The zero-order valence-electron chi connectivity index (χ0n) is 19.6. The zero-order chi connectivity index (χ0) is 23.2. The third-order valence-corrected chi connectivity index (χ3v) is 8.27. The molecule has 2 saturated heterocycles. The lowest BCUT2D eigenvalue weighted by Crippen LogP contribution is -2.52. The van der Waals surface area contributed by atoms with Crippen LogP contribution in [0.25, 0.3) is 0 Å². The molecular weight excluding hydrogens is 432 g/mol. The summed E-state index contributed by atoms with van der Waals surface area (Å²) < 4.78 is 5.32. The molecular formula is C26H34N4O4. The van der Waals surface area contributed by atoms with Crippen molar-refractivity contribution in [2.24, 2.45) is 5.92 Å². The number of piperidine rings is 1. The molecule has 2 aliphatic carbocycles. The maximum Gasteiger partial charge on any atom is 0.255 e. The fourth-order valence-electron chi connectivity index (χ4n) is 6.08. The van der Waals surface area contributed by atoms with E-state index in [-0.39, 0.29) is 24.1 Å². The normalized spacial score (nSPS) is 29.6. The molecule has 3 heterocycles. The molecule has 6 rings (SSSR count). The highest BCUT2D eigenvalue weighted by atomic mass is 16.5. The van der Waals surface area contributed by atoms with Crippen LogP contribution < -0.4 is 15.5 Å². The van der Waals surface area contributed by atoms with E-state index in [1.54, 1.807) is 4.90 Å². The van der Waals surface area contributed by atoms with Crippen molar-refractivity contribution in [1.29, 1.82) is 0 Å². The Hall–Kier alpha value is -2.45. The van der Waals surface area contributed by atoms with Crippen molar-refractivity contribution in [3.8, 4) is 0 Å². The van der Waals surface area contributed by atoms with E-state index in [0.717, 1.165) is 49.8 Å². The molecule has 8 nitrogen and oxygen atoms in total. The third-order valence-electron chi connectivity index (χ3n) is 8.27. The summed E-state index contributed by atoms with van der Waals surface area (Å²) in [5.41, 5.74) is 2.92. The molecule has 3 aliphatic heterocycles. The molecule has 4 fully saturated rings. The molecule has 1 aromatic carbocycles. The Bertz CT molecular complexity index is 981. The lowest BCUT2D eigenvalue weighted by Gasteiger charge is -2.41. The lowest BCUT2D eigenvalue weighted by molar-refractivity contribution is -0.136. The highest BCUT2D eigenvalue weighted by Crippen LogP contribution is 2.40. The van der Waals surface area contributed by atoms with E-state index in [1.165, 1.54) is 25.7 Å². The third kappa shape index (κ3) is 4.22. The number of hydrogen-bond donors (Lipinski definition) is 2. The smallest absolute Gasteiger partial charge is 0.255 e. The van der Waals surface area contributed by atoms with Crippen molar-refractivity contribution in [2.75, 3.05) is 24.7 Å². The number of ether oxygens (including phenoxy) is 1. The van der Waals surface area contributed by atoms with E-state index in [9.17, 15) is 14.4 Å². The molecule has 8 heteroatoms. The first kappa shape index (κ1) is 22.0. The second kappa shape index (κ2) is 8.96. The summed E-state index contributed by atoms with van der Waals surface area (Å²) in [5, 5.41) is 6.15. The molecule has 0 spiro atoms. The van der Waals surface area contributed by atoms with Gasteiger partial charge in [0.25, 0.3) is 5.91 Å². The summed E-state index contributed by atoms with van der Waals surface area (Å²) in [7, 11) is 0. The summed E-state index contributed by atoms with van der Waals surface area (Å²) >= 11 is 0. The number of carbonyl (C=O) groups is 3. The van der Waals surface area contributed by atoms with Crippen LogP contribution in [0.3, 0.4) is 0 Å². The van der Waals surface area contributed by atoms with E-state index in [0.29, 0.717) is 36.7 Å². The molecule has 2 saturated carbocycles. The van der Waals surface area contributed by atoms with Gasteiger partial charge in [-0.15, -0.1) is 0 Å². The van der Waals surface area contributed by atoms with Crippen LogP contribution in [0.5, 0.6) is 0 Å². The van der Waals surface area contributed by atoms with Crippen LogP contribution in [0, 0.1) is 5.92 Å². The van der Waals surface area contributed by atoms with Gasteiger partial charge in [0.1, 0.15) is 6.04 Å². The van der Waals surface area contributed by atoms with Gasteiger partial charge in [0.05, 0.1) is 19.3 Å². The summed E-state index contributed by atoms with van der Waals surface area (Å²) in [5.74, 6) is 0.0450. The Morgan fingerprint density at radius 2 is 1.79 bits per heavy atom. The fraction of sp³-hybridized carbons (Fsp3) is 0.654. The van der Waals surface area contributed by atoms with Gasteiger partial charge in [0.2, 0.25) is 11.8 Å². The van der Waals surface area contributed by atoms with Crippen molar-refractivity contribution < 1.29 is 19.1 Å². The maximum absolute atomic E-state index is 13.3. The first-order valence-electron chi connectivity index (χ1n) is 12.9. The number of nitrogens with one attached hydrogen (secondary N) is 2. The number of imide groups is 1. The van der Waals surface area contributed by atoms with Crippen LogP contribution in [0.1, 0.15) is 67.3 Å². The van der Waals surface area contributed by atoms with Gasteiger partial charge in [0, 0.05) is 48.4 Å². The van der Waals surface area contributed by atoms with Gasteiger partial charge < -0.3 is 19.9 Å². The number of nitrogens with zero attached hydrogens (tertiary/aromatic N) is 2. The molecule has 34 heavy (non-hydrogen) atoms. The molecule has 0 aromatic heterocycles. The molecule has 3 amide bonds.